The Balaban J connectivity index is 2.37. The van der Waals surface area contributed by atoms with E-state index in [0.29, 0.717) is 11.4 Å². The average Bonchev–Trinajstić information content (AvgIpc) is 2.29. The van der Waals surface area contributed by atoms with E-state index in [0.717, 1.165) is 17.2 Å². The molecule has 0 amide bonds. The first-order valence-electron chi connectivity index (χ1n) is 5.33. The molecule has 18 heavy (non-hydrogen) atoms. The summed E-state index contributed by atoms with van der Waals surface area (Å²) in [5.41, 5.74) is 8.19. The van der Waals surface area contributed by atoms with Gasteiger partial charge in [0, 0.05) is 18.0 Å². The lowest BCUT2D eigenvalue weighted by Gasteiger charge is -2.11. The van der Waals surface area contributed by atoms with Crippen LogP contribution < -0.4 is 10.5 Å². The maximum absolute atomic E-state index is 13.5. The summed E-state index contributed by atoms with van der Waals surface area (Å²) in [6.07, 6.45) is 1.33. The van der Waals surface area contributed by atoms with E-state index in [1.165, 1.54) is 6.20 Å². The third kappa shape index (κ3) is 2.54. The molecule has 2 aromatic rings. The molecule has 1 aromatic carbocycles. The number of nitrogens with zero attached hydrogens (tertiary/aromatic N) is 1. The summed E-state index contributed by atoms with van der Waals surface area (Å²) in [6.45, 7) is 3.75. The first kappa shape index (κ1) is 12.6. The van der Waals surface area contributed by atoms with Gasteiger partial charge in [0.15, 0.2) is 5.82 Å². The van der Waals surface area contributed by atoms with Crippen LogP contribution in [-0.2, 0) is 0 Å². The first-order valence-corrected chi connectivity index (χ1v) is 5.71. The number of nitrogens with two attached hydrogens (primary N) is 1. The van der Waals surface area contributed by atoms with Crippen LogP contribution >= 0.6 is 11.6 Å². The van der Waals surface area contributed by atoms with Crippen LogP contribution in [0.5, 0.6) is 11.6 Å². The number of ether oxygens (including phenoxy) is 1. The van der Waals surface area contributed by atoms with Crippen molar-refractivity contribution >= 4 is 17.3 Å². The SMILES string of the molecule is Cc1cc(C)c(Oc2ncc(Cl)cc2F)cc1N. The van der Waals surface area contributed by atoms with Crippen LogP contribution in [0.25, 0.3) is 0 Å². The number of nitrogen functional groups attached to an aromatic ring is 1. The molecule has 2 rings (SSSR count). The number of hydrogen-bond donors (Lipinski definition) is 1. The van der Waals surface area contributed by atoms with E-state index in [1.807, 2.05) is 19.9 Å². The maximum atomic E-state index is 13.5. The Bertz CT molecular complexity index is 602. The van der Waals surface area contributed by atoms with E-state index in [9.17, 15) is 4.39 Å². The van der Waals surface area contributed by atoms with E-state index in [1.54, 1.807) is 6.07 Å². The van der Waals surface area contributed by atoms with Gasteiger partial charge in [-0.25, -0.2) is 9.37 Å². The molecule has 0 atom stereocenters. The van der Waals surface area contributed by atoms with Crippen molar-refractivity contribution in [2.24, 2.45) is 0 Å². The molecule has 1 heterocycles. The lowest BCUT2D eigenvalue weighted by Crippen LogP contribution is -1.97. The number of pyridine rings is 1. The predicted octanol–water partition coefficient (Wildman–Crippen LogP) is 3.87. The number of hydrogen-bond acceptors (Lipinski definition) is 3. The molecule has 3 nitrogen and oxygen atoms in total. The molecule has 1 aromatic heterocycles. The van der Waals surface area contributed by atoms with Gasteiger partial charge in [-0.1, -0.05) is 17.7 Å². The summed E-state index contributed by atoms with van der Waals surface area (Å²) in [4.78, 5) is 3.80. The number of benzene rings is 1. The van der Waals surface area contributed by atoms with Crippen LogP contribution in [0.1, 0.15) is 11.1 Å². The highest BCUT2D eigenvalue weighted by molar-refractivity contribution is 6.30. The number of rotatable bonds is 2. The summed E-state index contributed by atoms with van der Waals surface area (Å²) in [5.74, 6) is -0.251. The molecule has 94 valence electrons. The molecule has 0 spiro atoms. The minimum Gasteiger partial charge on any atom is -0.436 e. The average molecular weight is 267 g/mol. The van der Waals surface area contributed by atoms with Crippen LogP contribution in [-0.4, -0.2) is 4.98 Å². The Kier molecular flexibility index (Phi) is 3.39. The Morgan fingerprint density at radius 2 is 1.94 bits per heavy atom. The molecule has 0 unspecified atom stereocenters. The van der Waals surface area contributed by atoms with Crippen molar-refractivity contribution in [2.45, 2.75) is 13.8 Å². The van der Waals surface area contributed by atoms with Gasteiger partial charge in [0.1, 0.15) is 5.75 Å². The Hall–Kier alpha value is -1.81. The zero-order valence-corrected chi connectivity index (χ0v) is 10.8. The third-order valence-corrected chi connectivity index (χ3v) is 2.75. The van der Waals surface area contributed by atoms with Crippen LogP contribution in [0, 0.1) is 19.7 Å². The summed E-state index contributed by atoms with van der Waals surface area (Å²) >= 11 is 5.62. The second kappa shape index (κ2) is 4.82. The van der Waals surface area contributed by atoms with Crippen LogP contribution in [0.15, 0.2) is 24.4 Å². The van der Waals surface area contributed by atoms with Gasteiger partial charge in [-0.3, -0.25) is 0 Å². The molecule has 0 fully saturated rings. The molecular formula is C13H12ClFN2O. The van der Waals surface area contributed by atoms with E-state index >= 15 is 0 Å². The monoisotopic (exact) mass is 266 g/mol. The topological polar surface area (TPSA) is 48.1 Å². The van der Waals surface area contributed by atoms with Gasteiger partial charge in [-0.05, 0) is 31.0 Å². The van der Waals surface area contributed by atoms with Crippen molar-refractivity contribution in [3.63, 3.8) is 0 Å². The molecule has 0 aliphatic rings. The first-order chi connectivity index (χ1) is 8.47. The highest BCUT2D eigenvalue weighted by Crippen LogP contribution is 2.29. The zero-order chi connectivity index (χ0) is 13.3. The minimum atomic E-state index is -0.610. The number of aryl methyl sites for hydroxylation is 2. The molecule has 5 heteroatoms. The molecule has 2 N–H and O–H groups in total. The van der Waals surface area contributed by atoms with Crippen LogP contribution in [0.3, 0.4) is 0 Å². The molecule has 0 saturated carbocycles. The third-order valence-electron chi connectivity index (χ3n) is 2.54. The normalized spacial score (nSPS) is 10.4. The molecule has 0 bridgehead atoms. The quantitative estimate of drug-likeness (QED) is 0.840. The maximum Gasteiger partial charge on any atom is 0.255 e. The molecule has 0 aliphatic carbocycles. The number of aromatic nitrogens is 1. The Morgan fingerprint density at radius 3 is 2.61 bits per heavy atom. The van der Waals surface area contributed by atoms with Crippen molar-refractivity contribution < 1.29 is 9.13 Å². The number of anilines is 1. The lowest BCUT2D eigenvalue weighted by molar-refractivity contribution is 0.420. The molecule has 0 aliphatic heterocycles. The molecular weight excluding hydrogens is 255 g/mol. The standard InChI is InChI=1S/C13H12ClFN2O/c1-7-3-8(2)12(5-11(7)16)18-13-10(15)4-9(14)6-17-13/h3-6H,16H2,1-2H3. The fraction of sp³-hybridized carbons (Fsp3) is 0.154. The van der Waals surface area contributed by atoms with Gasteiger partial charge in [0.05, 0.1) is 5.02 Å². The fourth-order valence-corrected chi connectivity index (χ4v) is 1.68. The Labute approximate surface area is 109 Å². The van der Waals surface area contributed by atoms with Gasteiger partial charge in [-0.2, -0.15) is 0 Å². The second-order valence-corrected chi connectivity index (χ2v) is 4.45. The largest absolute Gasteiger partial charge is 0.436 e. The molecule has 0 saturated heterocycles. The highest BCUT2D eigenvalue weighted by atomic mass is 35.5. The van der Waals surface area contributed by atoms with Crippen molar-refractivity contribution in [2.75, 3.05) is 5.73 Å². The summed E-state index contributed by atoms with van der Waals surface area (Å²) < 4.78 is 19.0. The van der Waals surface area contributed by atoms with Crippen molar-refractivity contribution in [3.8, 4) is 11.6 Å². The number of halogens is 2. The smallest absolute Gasteiger partial charge is 0.255 e. The predicted molar refractivity (Wildman–Crippen MR) is 69.6 cm³/mol. The fourth-order valence-electron chi connectivity index (χ4n) is 1.54. The van der Waals surface area contributed by atoms with Crippen molar-refractivity contribution in [1.82, 2.24) is 4.98 Å². The van der Waals surface area contributed by atoms with E-state index < -0.39 is 5.82 Å². The van der Waals surface area contributed by atoms with E-state index in [4.69, 9.17) is 22.1 Å². The van der Waals surface area contributed by atoms with Gasteiger partial charge in [0.2, 0.25) is 0 Å². The van der Waals surface area contributed by atoms with E-state index in [-0.39, 0.29) is 10.9 Å². The molecule has 0 radical (unpaired) electrons. The second-order valence-electron chi connectivity index (χ2n) is 4.02. The zero-order valence-electron chi connectivity index (χ0n) is 10.00. The minimum absolute atomic E-state index is 0.120. The Morgan fingerprint density at radius 1 is 1.22 bits per heavy atom. The van der Waals surface area contributed by atoms with Gasteiger partial charge < -0.3 is 10.5 Å². The van der Waals surface area contributed by atoms with Crippen LogP contribution in [0.4, 0.5) is 10.1 Å². The summed E-state index contributed by atoms with van der Waals surface area (Å²) in [6, 6.07) is 4.68. The van der Waals surface area contributed by atoms with E-state index in [2.05, 4.69) is 4.98 Å². The summed E-state index contributed by atoms with van der Waals surface area (Å²) in [7, 11) is 0. The van der Waals surface area contributed by atoms with Gasteiger partial charge in [0.25, 0.3) is 5.88 Å². The summed E-state index contributed by atoms with van der Waals surface area (Å²) in [5, 5.41) is 0.222. The van der Waals surface area contributed by atoms with Crippen molar-refractivity contribution in [1.29, 1.82) is 0 Å². The lowest BCUT2D eigenvalue weighted by atomic mass is 10.1. The van der Waals surface area contributed by atoms with Crippen LogP contribution in [0.2, 0.25) is 5.02 Å². The van der Waals surface area contributed by atoms with Crippen molar-refractivity contribution in [3.05, 3.63) is 46.4 Å². The highest BCUT2D eigenvalue weighted by Gasteiger charge is 2.10. The van der Waals surface area contributed by atoms with Gasteiger partial charge >= 0.3 is 0 Å². The van der Waals surface area contributed by atoms with Gasteiger partial charge in [-0.15, -0.1) is 0 Å².